The summed E-state index contributed by atoms with van der Waals surface area (Å²) in [6.45, 7) is 0.841. The van der Waals surface area contributed by atoms with Crippen LogP contribution >= 0.6 is 15.9 Å². The molecule has 1 saturated heterocycles. The Morgan fingerprint density at radius 3 is 2.88 bits per heavy atom. The Hall–Kier alpha value is -0.520. The monoisotopic (exact) mass is 306 g/mol. The van der Waals surface area contributed by atoms with Crippen LogP contribution in [-0.4, -0.2) is 24.4 Å². The average molecular weight is 307 g/mol. The Kier molecular flexibility index (Phi) is 4.12. The lowest BCUT2D eigenvalue weighted by atomic mass is 9.91. The van der Waals surface area contributed by atoms with E-state index in [1.807, 2.05) is 0 Å². The molecule has 5 heteroatoms. The predicted molar refractivity (Wildman–Crippen MR) is 62.7 cm³/mol. The summed E-state index contributed by atoms with van der Waals surface area (Å²) in [5.74, 6) is -1.42. The van der Waals surface area contributed by atoms with Gasteiger partial charge >= 0.3 is 0 Å². The SMILES string of the molecule is OC1CCOCC1Cc1c(F)ccc(Br)c1F. The fourth-order valence-corrected chi connectivity index (χ4v) is 2.37. The van der Waals surface area contributed by atoms with Crippen molar-refractivity contribution in [3.8, 4) is 0 Å². The van der Waals surface area contributed by atoms with Gasteiger partial charge in [-0.15, -0.1) is 0 Å². The van der Waals surface area contributed by atoms with Gasteiger partial charge in [-0.3, -0.25) is 0 Å². The van der Waals surface area contributed by atoms with Crippen molar-refractivity contribution in [2.24, 2.45) is 5.92 Å². The summed E-state index contributed by atoms with van der Waals surface area (Å²) in [6.07, 6.45) is 0.113. The summed E-state index contributed by atoms with van der Waals surface area (Å²) in [5.41, 5.74) is 0.00826. The number of ether oxygens (including phenoxy) is 1. The highest BCUT2D eigenvalue weighted by molar-refractivity contribution is 9.10. The summed E-state index contributed by atoms with van der Waals surface area (Å²) in [7, 11) is 0. The zero-order chi connectivity index (χ0) is 12.4. The molecule has 0 radical (unpaired) electrons. The molecule has 0 aliphatic carbocycles. The van der Waals surface area contributed by atoms with Gasteiger partial charge in [-0.1, -0.05) is 0 Å². The third kappa shape index (κ3) is 2.84. The summed E-state index contributed by atoms with van der Waals surface area (Å²) >= 11 is 3.02. The van der Waals surface area contributed by atoms with Gasteiger partial charge in [0.2, 0.25) is 0 Å². The minimum Gasteiger partial charge on any atom is -0.393 e. The van der Waals surface area contributed by atoms with Gasteiger partial charge in [-0.25, -0.2) is 8.78 Å². The van der Waals surface area contributed by atoms with Gasteiger partial charge < -0.3 is 9.84 Å². The molecule has 1 aliphatic rings. The predicted octanol–water partition coefficient (Wildman–Crippen LogP) is 2.67. The summed E-state index contributed by atoms with van der Waals surface area (Å²) in [5, 5.41) is 9.74. The number of rotatable bonds is 2. The van der Waals surface area contributed by atoms with Crippen molar-refractivity contribution in [3.05, 3.63) is 33.8 Å². The highest BCUT2D eigenvalue weighted by atomic mass is 79.9. The highest BCUT2D eigenvalue weighted by Crippen LogP contribution is 2.26. The Morgan fingerprint density at radius 2 is 2.18 bits per heavy atom. The number of benzene rings is 1. The molecule has 1 aromatic carbocycles. The van der Waals surface area contributed by atoms with Crippen LogP contribution in [-0.2, 0) is 11.2 Å². The van der Waals surface area contributed by atoms with Crippen molar-refractivity contribution < 1.29 is 18.6 Å². The lowest BCUT2D eigenvalue weighted by Gasteiger charge is -2.28. The van der Waals surface area contributed by atoms with Crippen LogP contribution in [0.3, 0.4) is 0 Å². The molecule has 2 unspecified atom stereocenters. The van der Waals surface area contributed by atoms with E-state index in [1.165, 1.54) is 12.1 Å². The number of aliphatic hydroxyl groups is 1. The molecule has 0 aromatic heterocycles. The zero-order valence-electron chi connectivity index (χ0n) is 9.13. The second-order valence-corrected chi connectivity index (χ2v) is 5.07. The first kappa shape index (κ1) is 12.9. The van der Waals surface area contributed by atoms with Gasteiger partial charge in [0.1, 0.15) is 11.6 Å². The Balaban J connectivity index is 2.20. The smallest absolute Gasteiger partial charge is 0.143 e. The average Bonchev–Trinajstić information content (AvgIpc) is 2.32. The molecule has 1 N–H and O–H groups in total. The van der Waals surface area contributed by atoms with Crippen molar-refractivity contribution in [2.45, 2.75) is 18.9 Å². The summed E-state index contributed by atoms with van der Waals surface area (Å²) in [4.78, 5) is 0. The highest BCUT2D eigenvalue weighted by Gasteiger charge is 2.26. The third-order valence-corrected chi connectivity index (χ3v) is 3.65. The van der Waals surface area contributed by atoms with Gasteiger partial charge in [0.15, 0.2) is 0 Å². The van der Waals surface area contributed by atoms with E-state index >= 15 is 0 Å². The van der Waals surface area contributed by atoms with Gasteiger partial charge in [0, 0.05) is 18.1 Å². The fraction of sp³-hybridized carbons (Fsp3) is 0.500. The summed E-state index contributed by atoms with van der Waals surface area (Å²) < 4.78 is 32.7. The quantitative estimate of drug-likeness (QED) is 0.851. The number of hydrogen-bond donors (Lipinski definition) is 1. The lowest BCUT2D eigenvalue weighted by molar-refractivity contribution is -0.0355. The molecule has 2 rings (SSSR count). The fourth-order valence-electron chi connectivity index (χ4n) is 2.00. The van der Waals surface area contributed by atoms with E-state index in [0.29, 0.717) is 19.6 Å². The molecule has 1 aliphatic heterocycles. The summed E-state index contributed by atoms with van der Waals surface area (Å²) in [6, 6.07) is 2.56. The largest absolute Gasteiger partial charge is 0.393 e. The van der Waals surface area contributed by atoms with E-state index in [9.17, 15) is 13.9 Å². The first-order valence-corrected chi connectivity index (χ1v) is 6.27. The molecule has 17 heavy (non-hydrogen) atoms. The number of hydrogen-bond acceptors (Lipinski definition) is 2. The second kappa shape index (κ2) is 5.42. The van der Waals surface area contributed by atoms with Crippen LogP contribution in [0.2, 0.25) is 0 Å². The van der Waals surface area contributed by atoms with Gasteiger partial charge in [0.05, 0.1) is 17.2 Å². The van der Waals surface area contributed by atoms with Crippen molar-refractivity contribution in [2.75, 3.05) is 13.2 Å². The van der Waals surface area contributed by atoms with Crippen LogP contribution in [0.25, 0.3) is 0 Å². The van der Waals surface area contributed by atoms with Gasteiger partial charge in [-0.2, -0.15) is 0 Å². The maximum absolute atomic E-state index is 13.7. The maximum atomic E-state index is 13.7. The van der Waals surface area contributed by atoms with E-state index in [1.54, 1.807) is 0 Å². The molecular weight excluding hydrogens is 294 g/mol. The first-order valence-electron chi connectivity index (χ1n) is 5.47. The molecule has 0 spiro atoms. The van der Waals surface area contributed by atoms with Crippen molar-refractivity contribution >= 4 is 15.9 Å². The van der Waals surface area contributed by atoms with E-state index in [2.05, 4.69) is 15.9 Å². The van der Waals surface area contributed by atoms with Crippen LogP contribution in [0.5, 0.6) is 0 Å². The van der Waals surface area contributed by atoms with Crippen molar-refractivity contribution in [3.63, 3.8) is 0 Å². The molecule has 1 heterocycles. The zero-order valence-corrected chi connectivity index (χ0v) is 10.7. The molecule has 0 saturated carbocycles. The molecule has 1 aromatic rings. The van der Waals surface area contributed by atoms with Crippen molar-refractivity contribution in [1.29, 1.82) is 0 Å². The minimum absolute atomic E-state index is 0.00826. The molecule has 2 nitrogen and oxygen atoms in total. The molecular formula is C12H13BrF2O2. The van der Waals surface area contributed by atoms with Crippen LogP contribution in [0, 0.1) is 17.6 Å². The Morgan fingerprint density at radius 1 is 1.41 bits per heavy atom. The second-order valence-electron chi connectivity index (χ2n) is 4.22. The van der Waals surface area contributed by atoms with Gasteiger partial charge in [0.25, 0.3) is 0 Å². The molecule has 94 valence electrons. The van der Waals surface area contributed by atoms with Gasteiger partial charge in [-0.05, 0) is 40.9 Å². The minimum atomic E-state index is -0.595. The van der Waals surface area contributed by atoms with E-state index < -0.39 is 17.7 Å². The lowest BCUT2D eigenvalue weighted by Crippen LogP contribution is -2.33. The molecule has 0 amide bonds. The normalized spacial score (nSPS) is 24.9. The Labute approximate surface area is 107 Å². The number of aliphatic hydroxyl groups excluding tert-OH is 1. The molecule has 1 fully saturated rings. The topological polar surface area (TPSA) is 29.5 Å². The van der Waals surface area contributed by atoms with E-state index in [0.717, 1.165) is 0 Å². The maximum Gasteiger partial charge on any atom is 0.143 e. The molecule has 0 bridgehead atoms. The third-order valence-electron chi connectivity index (χ3n) is 3.04. The van der Waals surface area contributed by atoms with E-state index in [4.69, 9.17) is 4.74 Å². The van der Waals surface area contributed by atoms with Crippen LogP contribution in [0.1, 0.15) is 12.0 Å². The van der Waals surface area contributed by atoms with Crippen LogP contribution in [0.4, 0.5) is 8.78 Å². The van der Waals surface area contributed by atoms with E-state index in [-0.39, 0.29) is 22.4 Å². The molecule has 2 atom stereocenters. The first-order chi connectivity index (χ1) is 8.09. The van der Waals surface area contributed by atoms with Crippen LogP contribution < -0.4 is 0 Å². The number of halogens is 3. The van der Waals surface area contributed by atoms with Crippen LogP contribution in [0.15, 0.2) is 16.6 Å². The Bertz CT molecular complexity index is 412. The standard InChI is InChI=1S/C12H13BrF2O2/c13-9-1-2-10(14)8(12(9)15)5-7-6-17-4-3-11(7)16/h1-2,7,11,16H,3-6H2. The van der Waals surface area contributed by atoms with Crippen molar-refractivity contribution in [1.82, 2.24) is 0 Å².